The fraction of sp³-hybridized carbons (Fsp3) is 0.273. The second-order valence-corrected chi connectivity index (χ2v) is 14.7. The Kier molecular flexibility index (Phi) is 12.8. The molecule has 18 heteroatoms. The van der Waals surface area contributed by atoms with Gasteiger partial charge in [0.15, 0.2) is 0 Å². The molecule has 318 valence electrons. The number of aryl methyl sites for hydroxylation is 1. The molecule has 7 rings (SSSR count). The Morgan fingerprint density at radius 1 is 0.855 bits per heavy atom. The number of amides is 7. The first kappa shape index (κ1) is 42.5. The lowest BCUT2D eigenvalue weighted by Gasteiger charge is -2.27. The number of unbranched alkanes of at least 4 members (excludes halogenated alkanes) is 2. The van der Waals surface area contributed by atoms with Gasteiger partial charge in [-0.2, -0.15) is 0 Å². The fourth-order valence-electron chi connectivity index (χ4n) is 7.26. The zero-order chi connectivity index (χ0) is 43.9. The number of nitrogens with one attached hydrogen (secondary N) is 4. The van der Waals surface area contributed by atoms with E-state index in [1.807, 2.05) is 0 Å². The van der Waals surface area contributed by atoms with Gasteiger partial charge in [0.25, 0.3) is 11.8 Å². The molecule has 1 atom stereocenters. The first-order valence-corrected chi connectivity index (χ1v) is 19.9. The summed E-state index contributed by atoms with van der Waals surface area (Å²) in [6.45, 7) is 2.04. The summed E-state index contributed by atoms with van der Waals surface area (Å²) in [6, 6.07) is 14.5. The van der Waals surface area contributed by atoms with Crippen molar-refractivity contribution >= 4 is 63.7 Å². The smallest absolute Gasteiger partial charge is 0.340 e. The normalized spacial score (nSPS) is 14.7. The van der Waals surface area contributed by atoms with E-state index in [1.54, 1.807) is 37.3 Å². The van der Waals surface area contributed by atoms with E-state index in [2.05, 4.69) is 31.2 Å². The molecule has 0 saturated carbocycles. The molecule has 17 nitrogen and oxygen atoms in total. The van der Waals surface area contributed by atoms with Crippen molar-refractivity contribution < 1.29 is 47.1 Å². The third kappa shape index (κ3) is 9.54. The van der Waals surface area contributed by atoms with Gasteiger partial charge in [0.2, 0.25) is 29.5 Å². The maximum absolute atomic E-state index is 15.6. The van der Waals surface area contributed by atoms with Crippen LogP contribution in [0.2, 0.25) is 0 Å². The van der Waals surface area contributed by atoms with Crippen LogP contribution in [0.15, 0.2) is 82.3 Å². The summed E-state index contributed by atoms with van der Waals surface area (Å²) in [4.78, 5) is 110. The topological polar surface area (TPSA) is 236 Å². The number of anilines is 2. The number of carbonyl (C=O) groups excluding carboxylic acids is 7. The van der Waals surface area contributed by atoms with E-state index in [4.69, 9.17) is 9.15 Å². The van der Waals surface area contributed by atoms with Crippen LogP contribution in [-0.2, 0) is 30.4 Å². The maximum Gasteiger partial charge on any atom is 0.340 e. The molecule has 1 saturated heterocycles. The van der Waals surface area contributed by atoms with Gasteiger partial charge in [-0.05, 0) is 73.7 Å². The number of hydrogen-bond donors (Lipinski definition) is 4. The highest BCUT2D eigenvalue weighted by Crippen LogP contribution is 2.33. The van der Waals surface area contributed by atoms with Crippen molar-refractivity contribution in [1.29, 1.82) is 0 Å². The molecule has 3 aromatic carbocycles. The van der Waals surface area contributed by atoms with Crippen molar-refractivity contribution in [2.24, 2.45) is 0 Å². The van der Waals surface area contributed by atoms with Gasteiger partial charge in [-0.15, -0.1) is 0 Å². The lowest BCUT2D eigenvalue weighted by molar-refractivity contribution is -0.136. The summed E-state index contributed by atoms with van der Waals surface area (Å²) >= 11 is 0. The monoisotopic (exact) mass is 845 g/mol. The molecule has 0 aliphatic carbocycles. The number of ether oxygens (including phenoxy) is 1. The first-order chi connectivity index (χ1) is 29.9. The van der Waals surface area contributed by atoms with Crippen molar-refractivity contribution in [3.63, 3.8) is 0 Å². The molecule has 0 bridgehead atoms. The third-order valence-corrected chi connectivity index (χ3v) is 10.5. The van der Waals surface area contributed by atoms with Crippen LogP contribution in [0, 0.1) is 12.7 Å². The zero-order valence-corrected chi connectivity index (χ0v) is 33.4. The number of piperidine rings is 1. The molecule has 0 spiro atoms. The number of rotatable bonds is 16. The van der Waals surface area contributed by atoms with Gasteiger partial charge in [-0.25, -0.2) is 19.2 Å². The lowest BCUT2D eigenvalue weighted by Crippen LogP contribution is -2.54. The van der Waals surface area contributed by atoms with Gasteiger partial charge in [-0.1, -0.05) is 24.6 Å². The molecule has 1 fully saturated rings. The predicted octanol–water partition coefficient (Wildman–Crippen LogP) is 4.85. The third-order valence-electron chi connectivity index (χ3n) is 10.5. The Hall–Kier alpha value is -7.63. The summed E-state index contributed by atoms with van der Waals surface area (Å²) in [5.74, 6) is -4.39. The lowest BCUT2D eigenvalue weighted by atomic mass is 9.99. The molecule has 2 aliphatic rings. The summed E-state index contributed by atoms with van der Waals surface area (Å²) < 4.78 is 26.9. The van der Waals surface area contributed by atoms with E-state index in [9.17, 15) is 38.4 Å². The number of imide groups is 2. The number of benzene rings is 3. The molecule has 1 unspecified atom stereocenters. The van der Waals surface area contributed by atoms with Crippen molar-refractivity contribution in [2.45, 2.75) is 70.8 Å². The second-order valence-electron chi connectivity index (χ2n) is 14.7. The van der Waals surface area contributed by atoms with Gasteiger partial charge >= 0.3 is 11.6 Å². The van der Waals surface area contributed by atoms with Crippen LogP contribution < -0.4 is 31.6 Å². The molecule has 7 amide bonds. The number of nitrogens with zero attached hydrogens (tertiary/aromatic N) is 3. The van der Waals surface area contributed by atoms with Gasteiger partial charge < -0.3 is 25.1 Å². The number of hydrogen-bond acceptors (Lipinski definition) is 12. The van der Waals surface area contributed by atoms with Gasteiger partial charge in [0, 0.05) is 68.1 Å². The molecule has 2 aliphatic heterocycles. The Morgan fingerprint density at radius 3 is 2.37 bits per heavy atom. The van der Waals surface area contributed by atoms with Crippen molar-refractivity contribution in [1.82, 2.24) is 25.5 Å². The van der Waals surface area contributed by atoms with E-state index in [-0.39, 0.29) is 90.3 Å². The number of halogens is 1. The van der Waals surface area contributed by atoms with Crippen LogP contribution in [-0.4, -0.2) is 68.8 Å². The number of fused-ring (bicyclic) bond motifs is 2. The van der Waals surface area contributed by atoms with E-state index >= 15 is 4.39 Å². The average Bonchev–Trinajstić information content (AvgIpc) is 3.50. The standard InChI is InChI=1S/C44H40FN7O10/c1-24-27-14-13-26(61-44-47-20-7-21-48-44)23-33(27)62-43(60)29(24)22-25-8-5-11-31(39(25)45)50-35(54)12-3-2-4-19-46-34(53)17-18-36(55)49-30-10-6-9-28-38(30)42(59)52(41(28)58)32-15-16-37(56)51-40(32)57/h5-11,13-14,20-21,23,32H,2-4,12,15-19,22H2,1H3,(H,46,53)(H,49,55)(H,50,54)(H,51,56,57). The minimum Gasteiger partial charge on any atom is -0.424 e. The fourth-order valence-corrected chi connectivity index (χ4v) is 7.26. The Morgan fingerprint density at radius 2 is 1.58 bits per heavy atom. The highest BCUT2D eigenvalue weighted by Gasteiger charge is 2.45. The van der Waals surface area contributed by atoms with E-state index < -0.39 is 58.8 Å². The Labute approximate surface area is 352 Å². The molecule has 2 aromatic heterocycles. The minimum atomic E-state index is -1.15. The van der Waals surface area contributed by atoms with Crippen LogP contribution in [0.1, 0.15) is 88.8 Å². The summed E-state index contributed by atoms with van der Waals surface area (Å²) in [5, 5.41) is 10.7. The van der Waals surface area contributed by atoms with Crippen LogP contribution in [0.4, 0.5) is 15.8 Å². The van der Waals surface area contributed by atoms with Crippen LogP contribution in [0.5, 0.6) is 11.8 Å². The highest BCUT2D eigenvalue weighted by atomic mass is 19.1. The van der Waals surface area contributed by atoms with Crippen LogP contribution in [0.3, 0.4) is 0 Å². The van der Waals surface area contributed by atoms with E-state index in [1.165, 1.54) is 42.7 Å². The zero-order valence-electron chi connectivity index (χ0n) is 33.4. The predicted molar refractivity (Wildman–Crippen MR) is 220 cm³/mol. The summed E-state index contributed by atoms with van der Waals surface area (Å²) in [6.07, 6.45) is 4.24. The maximum atomic E-state index is 15.6. The van der Waals surface area contributed by atoms with Crippen LogP contribution >= 0.6 is 0 Å². The van der Waals surface area contributed by atoms with Crippen LogP contribution in [0.25, 0.3) is 11.0 Å². The largest absolute Gasteiger partial charge is 0.424 e. The highest BCUT2D eigenvalue weighted by molar-refractivity contribution is 6.26. The van der Waals surface area contributed by atoms with Gasteiger partial charge in [0.1, 0.15) is 23.2 Å². The van der Waals surface area contributed by atoms with Crippen molar-refractivity contribution in [3.8, 4) is 11.8 Å². The quantitative estimate of drug-likeness (QED) is 0.0593. The molecular weight excluding hydrogens is 806 g/mol. The SMILES string of the molecule is Cc1c(Cc2cccc(NC(=O)CCCCCNC(=O)CCC(=O)Nc3cccc4c3C(=O)N(C3CCC(=O)NC3=O)C4=O)c2F)c(=O)oc2cc(Oc3ncccn3)ccc12. The number of aromatic nitrogens is 2. The molecule has 4 N–H and O–H groups in total. The molecular formula is C44H40FN7O10. The van der Waals surface area contributed by atoms with Crippen molar-refractivity contribution in [2.75, 3.05) is 17.2 Å². The van der Waals surface area contributed by atoms with Gasteiger partial charge in [0.05, 0.1) is 22.5 Å². The average molecular weight is 846 g/mol. The Bertz CT molecular complexity index is 2690. The molecule has 5 aromatic rings. The number of carbonyl (C=O) groups is 7. The molecule has 0 radical (unpaired) electrons. The first-order valence-electron chi connectivity index (χ1n) is 19.9. The van der Waals surface area contributed by atoms with E-state index in [0.717, 1.165) is 4.90 Å². The van der Waals surface area contributed by atoms with Gasteiger partial charge in [-0.3, -0.25) is 43.8 Å². The second kappa shape index (κ2) is 18.7. The van der Waals surface area contributed by atoms with Crippen molar-refractivity contribution in [3.05, 3.63) is 117 Å². The Balaban J connectivity index is 0.825. The summed E-state index contributed by atoms with van der Waals surface area (Å²) in [7, 11) is 0. The summed E-state index contributed by atoms with van der Waals surface area (Å²) in [5.41, 5.74) is 0.701. The minimum absolute atomic E-state index is 0.00962. The molecule has 62 heavy (non-hydrogen) atoms. The van der Waals surface area contributed by atoms with E-state index in [0.29, 0.717) is 36.0 Å². The molecule has 4 heterocycles.